The van der Waals surface area contributed by atoms with Crippen LogP contribution in [0.5, 0.6) is 0 Å². The Kier molecular flexibility index (Phi) is 6.77. The Hall–Kier alpha value is -1.68. The average Bonchev–Trinajstić information content (AvgIpc) is 2.55. The maximum absolute atomic E-state index is 12.0. The van der Waals surface area contributed by atoms with Crippen LogP contribution < -0.4 is 15.8 Å². The third-order valence-corrected chi connectivity index (χ3v) is 5.34. The SMILES string of the molecule is CC(CCNC(=O)Nc1cccc(S(N)(=O)=O)c1)N1CCN(C)CC1. The number of urea groups is 1. The Bertz CT molecular complexity index is 687. The molecule has 1 aromatic carbocycles. The highest BCUT2D eigenvalue weighted by atomic mass is 32.2. The van der Waals surface area contributed by atoms with Gasteiger partial charge in [-0.2, -0.15) is 0 Å². The zero-order valence-electron chi connectivity index (χ0n) is 14.7. The molecular formula is C16H27N5O3S. The highest BCUT2D eigenvalue weighted by Gasteiger charge is 2.18. The minimum Gasteiger partial charge on any atom is -0.338 e. The molecule has 2 amide bonds. The summed E-state index contributed by atoms with van der Waals surface area (Å²) < 4.78 is 22.7. The van der Waals surface area contributed by atoms with Crippen LogP contribution in [0.4, 0.5) is 10.5 Å². The number of piperazine rings is 1. The van der Waals surface area contributed by atoms with Crippen LogP contribution in [-0.4, -0.2) is 70.1 Å². The van der Waals surface area contributed by atoms with Crippen molar-refractivity contribution >= 4 is 21.7 Å². The van der Waals surface area contributed by atoms with Crippen LogP contribution in [0.2, 0.25) is 0 Å². The van der Waals surface area contributed by atoms with E-state index in [4.69, 9.17) is 5.14 Å². The molecule has 140 valence electrons. The standard InChI is InChI=1S/C16H27N5O3S/c1-13(21-10-8-20(2)9-11-21)6-7-18-16(22)19-14-4-3-5-15(12-14)25(17,23)24/h3-5,12-13H,6-11H2,1-2H3,(H2,17,23,24)(H2,18,19,22). The Morgan fingerprint density at radius 2 is 1.96 bits per heavy atom. The third-order valence-electron chi connectivity index (χ3n) is 4.43. The summed E-state index contributed by atoms with van der Waals surface area (Å²) >= 11 is 0. The fraction of sp³-hybridized carbons (Fsp3) is 0.562. The number of rotatable bonds is 6. The van der Waals surface area contributed by atoms with Gasteiger partial charge in [-0.15, -0.1) is 0 Å². The molecule has 1 heterocycles. The number of hydrogen-bond donors (Lipinski definition) is 3. The topological polar surface area (TPSA) is 108 Å². The number of nitrogens with two attached hydrogens (primary N) is 1. The summed E-state index contributed by atoms with van der Waals surface area (Å²) in [5.74, 6) is 0. The Labute approximate surface area is 149 Å². The molecule has 0 spiro atoms. The Morgan fingerprint density at radius 3 is 2.60 bits per heavy atom. The van der Waals surface area contributed by atoms with Crippen LogP contribution in [-0.2, 0) is 10.0 Å². The lowest BCUT2D eigenvalue weighted by Crippen LogP contribution is -2.48. The number of sulfonamides is 1. The second-order valence-corrected chi connectivity index (χ2v) is 7.99. The summed E-state index contributed by atoms with van der Waals surface area (Å²) in [5, 5.41) is 10.5. The lowest BCUT2D eigenvalue weighted by atomic mass is 10.1. The lowest BCUT2D eigenvalue weighted by Gasteiger charge is -2.36. The van der Waals surface area contributed by atoms with Crippen molar-refractivity contribution in [2.45, 2.75) is 24.3 Å². The predicted molar refractivity (Wildman–Crippen MR) is 98.0 cm³/mol. The molecule has 2 rings (SSSR count). The first kappa shape index (κ1) is 19.6. The van der Waals surface area contributed by atoms with E-state index in [0.717, 1.165) is 32.6 Å². The van der Waals surface area contributed by atoms with Gasteiger partial charge in [0.1, 0.15) is 0 Å². The molecule has 4 N–H and O–H groups in total. The average molecular weight is 369 g/mol. The van der Waals surface area contributed by atoms with Crippen molar-refractivity contribution in [2.24, 2.45) is 5.14 Å². The minimum atomic E-state index is -3.79. The van der Waals surface area contributed by atoms with Gasteiger partial charge in [0.05, 0.1) is 4.90 Å². The number of carbonyl (C=O) groups is 1. The maximum atomic E-state index is 12.0. The second-order valence-electron chi connectivity index (χ2n) is 6.43. The van der Waals surface area contributed by atoms with Crippen LogP contribution in [0.25, 0.3) is 0 Å². The van der Waals surface area contributed by atoms with Crippen LogP contribution >= 0.6 is 0 Å². The number of nitrogens with zero attached hydrogens (tertiary/aromatic N) is 2. The number of carbonyl (C=O) groups excluding carboxylic acids is 1. The minimum absolute atomic E-state index is 0.0333. The van der Waals surface area contributed by atoms with E-state index < -0.39 is 10.0 Å². The molecule has 1 aliphatic rings. The predicted octanol–water partition coefficient (Wildman–Crippen LogP) is 0.482. The third kappa shape index (κ3) is 6.28. The van der Waals surface area contributed by atoms with Crippen molar-refractivity contribution in [3.05, 3.63) is 24.3 Å². The molecule has 8 nitrogen and oxygen atoms in total. The molecule has 0 aliphatic carbocycles. The highest BCUT2D eigenvalue weighted by molar-refractivity contribution is 7.89. The van der Waals surface area contributed by atoms with E-state index >= 15 is 0 Å². The molecule has 1 saturated heterocycles. The maximum Gasteiger partial charge on any atom is 0.319 e. The number of benzene rings is 1. The number of anilines is 1. The van der Waals surface area contributed by atoms with Gasteiger partial charge in [-0.1, -0.05) is 6.07 Å². The summed E-state index contributed by atoms with van der Waals surface area (Å²) in [7, 11) is -1.66. The summed E-state index contributed by atoms with van der Waals surface area (Å²) in [4.78, 5) is 16.7. The van der Waals surface area contributed by atoms with Crippen LogP contribution in [0, 0.1) is 0 Å². The summed E-state index contributed by atoms with van der Waals surface area (Å²) in [6, 6.07) is 5.90. The molecule has 0 bridgehead atoms. The number of amides is 2. The molecular weight excluding hydrogens is 342 g/mol. The molecule has 1 aliphatic heterocycles. The number of hydrogen-bond acceptors (Lipinski definition) is 5. The Morgan fingerprint density at radius 1 is 1.28 bits per heavy atom. The first-order valence-electron chi connectivity index (χ1n) is 8.36. The summed E-state index contributed by atoms with van der Waals surface area (Å²) in [5.41, 5.74) is 0.385. The van der Waals surface area contributed by atoms with Gasteiger partial charge in [0.15, 0.2) is 0 Å². The zero-order valence-corrected chi connectivity index (χ0v) is 15.6. The van der Waals surface area contributed by atoms with Crippen molar-refractivity contribution in [3.63, 3.8) is 0 Å². The summed E-state index contributed by atoms with van der Waals surface area (Å²) in [6.45, 7) is 6.94. The van der Waals surface area contributed by atoms with Crippen LogP contribution in [0.3, 0.4) is 0 Å². The molecule has 0 radical (unpaired) electrons. The van der Waals surface area contributed by atoms with Crippen molar-refractivity contribution in [3.8, 4) is 0 Å². The molecule has 1 unspecified atom stereocenters. The van der Waals surface area contributed by atoms with Gasteiger partial charge in [0.25, 0.3) is 0 Å². The lowest BCUT2D eigenvalue weighted by molar-refractivity contribution is 0.115. The monoisotopic (exact) mass is 369 g/mol. The van der Waals surface area contributed by atoms with Crippen molar-refractivity contribution < 1.29 is 13.2 Å². The molecule has 9 heteroatoms. The van der Waals surface area contributed by atoms with E-state index in [1.807, 2.05) is 0 Å². The first-order chi connectivity index (χ1) is 11.8. The number of likely N-dealkylation sites (N-methyl/N-ethyl adjacent to an activating group) is 1. The fourth-order valence-electron chi connectivity index (χ4n) is 2.77. The number of nitrogens with one attached hydrogen (secondary N) is 2. The van der Waals surface area contributed by atoms with Gasteiger partial charge in [-0.3, -0.25) is 4.90 Å². The van der Waals surface area contributed by atoms with Gasteiger partial charge in [0, 0.05) is 44.5 Å². The van der Waals surface area contributed by atoms with Gasteiger partial charge >= 0.3 is 6.03 Å². The molecule has 1 aromatic rings. The van der Waals surface area contributed by atoms with Crippen molar-refractivity contribution in [1.29, 1.82) is 0 Å². The second kappa shape index (κ2) is 8.61. The molecule has 0 aromatic heterocycles. The fourth-order valence-corrected chi connectivity index (χ4v) is 3.33. The van der Waals surface area contributed by atoms with E-state index in [-0.39, 0.29) is 10.9 Å². The normalized spacial score (nSPS) is 17.9. The highest BCUT2D eigenvalue weighted by Crippen LogP contribution is 2.14. The first-order valence-corrected chi connectivity index (χ1v) is 9.90. The number of primary sulfonamides is 1. The summed E-state index contributed by atoms with van der Waals surface area (Å²) in [6.07, 6.45) is 0.856. The van der Waals surface area contributed by atoms with E-state index in [2.05, 4.69) is 34.4 Å². The van der Waals surface area contributed by atoms with E-state index in [0.29, 0.717) is 18.3 Å². The Balaban J connectivity index is 1.75. The van der Waals surface area contributed by atoms with Gasteiger partial charge in [-0.05, 0) is 38.6 Å². The molecule has 0 saturated carbocycles. The van der Waals surface area contributed by atoms with Gasteiger partial charge in [0.2, 0.25) is 10.0 Å². The van der Waals surface area contributed by atoms with Gasteiger partial charge < -0.3 is 15.5 Å². The van der Waals surface area contributed by atoms with E-state index in [1.165, 1.54) is 18.2 Å². The largest absolute Gasteiger partial charge is 0.338 e. The van der Waals surface area contributed by atoms with E-state index in [9.17, 15) is 13.2 Å². The van der Waals surface area contributed by atoms with Crippen LogP contribution in [0.1, 0.15) is 13.3 Å². The molecule has 1 fully saturated rings. The van der Waals surface area contributed by atoms with Crippen molar-refractivity contribution in [1.82, 2.24) is 15.1 Å². The quantitative estimate of drug-likeness (QED) is 0.676. The van der Waals surface area contributed by atoms with Crippen molar-refractivity contribution in [2.75, 3.05) is 45.1 Å². The van der Waals surface area contributed by atoms with Crippen LogP contribution in [0.15, 0.2) is 29.2 Å². The zero-order chi connectivity index (χ0) is 18.4. The van der Waals surface area contributed by atoms with Gasteiger partial charge in [-0.25, -0.2) is 18.4 Å². The smallest absolute Gasteiger partial charge is 0.319 e. The molecule has 1 atom stereocenters. The molecule has 25 heavy (non-hydrogen) atoms. The van der Waals surface area contributed by atoms with E-state index in [1.54, 1.807) is 6.07 Å².